The van der Waals surface area contributed by atoms with Gasteiger partial charge in [-0.15, -0.1) is 0 Å². The van der Waals surface area contributed by atoms with Gasteiger partial charge < -0.3 is 0 Å². The standard InChI is InChI=1S/C14H15N/c1-11-3-5-13(6-4-11)10-14-7-8-15-12(2)9-14/h3-9H,10H2,1-2H3. The van der Waals surface area contributed by atoms with Gasteiger partial charge in [0.25, 0.3) is 0 Å². The fourth-order valence-electron chi connectivity index (χ4n) is 1.66. The third kappa shape index (κ3) is 2.66. The fourth-order valence-corrected chi connectivity index (χ4v) is 1.66. The number of hydrogen-bond donors (Lipinski definition) is 0. The highest BCUT2D eigenvalue weighted by atomic mass is 14.6. The first-order chi connectivity index (χ1) is 7.24. The van der Waals surface area contributed by atoms with Crippen LogP contribution in [0.4, 0.5) is 0 Å². The Balaban J connectivity index is 2.18. The summed E-state index contributed by atoms with van der Waals surface area (Å²) in [6, 6.07) is 12.9. The Morgan fingerprint density at radius 1 is 0.933 bits per heavy atom. The smallest absolute Gasteiger partial charge is 0.0375 e. The minimum atomic E-state index is 0.990. The van der Waals surface area contributed by atoms with Gasteiger partial charge in [-0.25, -0.2) is 0 Å². The molecule has 15 heavy (non-hydrogen) atoms. The molecule has 0 unspecified atom stereocenters. The zero-order valence-corrected chi connectivity index (χ0v) is 9.20. The molecule has 0 saturated carbocycles. The third-order valence-electron chi connectivity index (χ3n) is 2.49. The van der Waals surface area contributed by atoms with Crippen LogP contribution in [-0.2, 0) is 6.42 Å². The Morgan fingerprint density at radius 3 is 2.33 bits per heavy atom. The van der Waals surface area contributed by atoms with Crippen molar-refractivity contribution < 1.29 is 0 Å². The van der Waals surface area contributed by atoms with Crippen LogP contribution < -0.4 is 0 Å². The van der Waals surface area contributed by atoms with Gasteiger partial charge in [-0.05, 0) is 43.5 Å². The summed E-state index contributed by atoms with van der Waals surface area (Å²) in [5.74, 6) is 0. The van der Waals surface area contributed by atoms with E-state index in [4.69, 9.17) is 0 Å². The molecule has 1 nitrogen and oxygen atoms in total. The average Bonchev–Trinajstić information content (AvgIpc) is 2.22. The first kappa shape index (κ1) is 9.91. The third-order valence-corrected chi connectivity index (χ3v) is 2.49. The predicted octanol–water partition coefficient (Wildman–Crippen LogP) is 3.29. The Labute approximate surface area is 90.8 Å². The molecular weight excluding hydrogens is 182 g/mol. The quantitative estimate of drug-likeness (QED) is 0.720. The average molecular weight is 197 g/mol. The second-order valence-electron chi connectivity index (χ2n) is 3.97. The zero-order valence-electron chi connectivity index (χ0n) is 9.20. The topological polar surface area (TPSA) is 12.9 Å². The van der Waals surface area contributed by atoms with E-state index >= 15 is 0 Å². The highest BCUT2D eigenvalue weighted by Gasteiger charge is 1.96. The van der Waals surface area contributed by atoms with Crippen molar-refractivity contribution in [2.45, 2.75) is 20.3 Å². The molecule has 0 bridgehead atoms. The van der Waals surface area contributed by atoms with Crippen LogP contribution in [0.1, 0.15) is 22.4 Å². The summed E-state index contributed by atoms with van der Waals surface area (Å²) in [5, 5.41) is 0. The maximum atomic E-state index is 4.20. The van der Waals surface area contributed by atoms with Crippen LogP contribution in [-0.4, -0.2) is 4.98 Å². The lowest BCUT2D eigenvalue weighted by Crippen LogP contribution is -1.90. The lowest BCUT2D eigenvalue weighted by molar-refractivity contribution is 1.12. The Hall–Kier alpha value is -1.63. The number of hydrogen-bond acceptors (Lipinski definition) is 1. The fraction of sp³-hybridized carbons (Fsp3) is 0.214. The molecule has 1 heteroatoms. The van der Waals surface area contributed by atoms with Gasteiger partial charge in [0.15, 0.2) is 0 Å². The summed E-state index contributed by atoms with van der Waals surface area (Å²) >= 11 is 0. The summed E-state index contributed by atoms with van der Waals surface area (Å²) in [6.45, 7) is 4.14. The Bertz CT molecular complexity index is 443. The van der Waals surface area contributed by atoms with Crippen molar-refractivity contribution in [1.29, 1.82) is 0 Å². The molecule has 1 aromatic heterocycles. The van der Waals surface area contributed by atoms with Crippen LogP contribution in [0.25, 0.3) is 0 Å². The van der Waals surface area contributed by atoms with Crippen LogP contribution in [0, 0.1) is 13.8 Å². The molecule has 76 valence electrons. The lowest BCUT2D eigenvalue weighted by Gasteiger charge is -2.03. The van der Waals surface area contributed by atoms with Gasteiger partial charge in [-0.2, -0.15) is 0 Å². The van der Waals surface area contributed by atoms with Crippen molar-refractivity contribution in [3.05, 3.63) is 65.0 Å². The zero-order chi connectivity index (χ0) is 10.7. The summed E-state index contributed by atoms with van der Waals surface area (Å²) < 4.78 is 0. The maximum absolute atomic E-state index is 4.20. The molecule has 0 aliphatic heterocycles. The summed E-state index contributed by atoms with van der Waals surface area (Å²) in [4.78, 5) is 4.20. The van der Waals surface area contributed by atoms with Gasteiger partial charge in [0.1, 0.15) is 0 Å². The number of rotatable bonds is 2. The van der Waals surface area contributed by atoms with Crippen LogP contribution in [0.2, 0.25) is 0 Å². The first-order valence-electron chi connectivity index (χ1n) is 5.21. The first-order valence-corrected chi connectivity index (χ1v) is 5.21. The van der Waals surface area contributed by atoms with Gasteiger partial charge in [0.05, 0.1) is 0 Å². The molecule has 0 aliphatic carbocycles. The summed E-state index contributed by atoms with van der Waals surface area (Å²) in [5.41, 5.74) is 5.07. The summed E-state index contributed by atoms with van der Waals surface area (Å²) in [6.07, 6.45) is 2.86. The molecule has 0 N–H and O–H groups in total. The number of benzene rings is 1. The molecule has 0 amide bonds. The van der Waals surface area contributed by atoms with E-state index in [-0.39, 0.29) is 0 Å². The molecule has 0 fully saturated rings. The number of pyridine rings is 1. The largest absolute Gasteiger partial charge is 0.262 e. The Morgan fingerprint density at radius 2 is 1.67 bits per heavy atom. The molecule has 2 rings (SSSR count). The number of aromatic nitrogens is 1. The van der Waals surface area contributed by atoms with E-state index in [9.17, 15) is 0 Å². The van der Waals surface area contributed by atoms with Crippen molar-refractivity contribution in [3.63, 3.8) is 0 Å². The Kier molecular flexibility index (Phi) is 2.82. The highest BCUT2D eigenvalue weighted by Crippen LogP contribution is 2.10. The van der Waals surface area contributed by atoms with Crippen molar-refractivity contribution in [2.24, 2.45) is 0 Å². The van der Waals surface area contributed by atoms with Crippen molar-refractivity contribution in [1.82, 2.24) is 4.98 Å². The highest BCUT2D eigenvalue weighted by molar-refractivity contribution is 5.28. The van der Waals surface area contributed by atoms with Gasteiger partial charge in [0.2, 0.25) is 0 Å². The molecule has 0 aliphatic rings. The van der Waals surface area contributed by atoms with Gasteiger partial charge in [0, 0.05) is 11.9 Å². The summed E-state index contributed by atoms with van der Waals surface area (Å²) in [7, 11) is 0. The predicted molar refractivity (Wildman–Crippen MR) is 63.0 cm³/mol. The van der Waals surface area contributed by atoms with E-state index in [2.05, 4.69) is 48.3 Å². The van der Waals surface area contributed by atoms with E-state index in [1.54, 1.807) is 0 Å². The molecule has 0 radical (unpaired) electrons. The monoisotopic (exact) mass is 197 g/mol. The van der Waals surface area contributed by atoms with Crippen LogP contribution in [0.5, 0.6) is 0 Å². The van der Waals surface area contributed by atoms with Crippen molar-refractivity contribution in [3.8, 4) is 0 Å². The van der Waals surface area contributed by atoms with Crippen LogP contribution in [0.15, 0.2) is 42.6 Å². The van der Waals surface area contributed by atoms with Gasteiger partial charge >= 0.3 is 0 Å². The number of aryl methyl sites for hydroxylation is 2. The molecule has 0 saturated heterocycles. The molecule has 1 aromatic carbocycles. The maximum Gasteiger partial charge on any atom is 0.0375 e. The number of nitrogens with zero attached hydrogens (tertiary/aromatic N) is 1. The van der Waals surface area contributed by atoms with E-state index in [0.29, 0.717) is 0 Å². The second kappa shape index (κ2) is 4.26. The second-order valence-corrected chi connectivity index (χ2v) is 3.97. The normalized spacial score (nSPS) is 10.3. The van der Waals surface area contributed by atoms with Gasteiger partial charge in [-0.3, -0.25) is 4.98 Å². The lowest BCUT2D eigenvalue weighted by atomic mass is 10.0. The SMILES string of the molecule is Cc1ccc(Cc2ccnc(C)c2)cc1. The molecule has 2 aromatic rings. The molecule has 1 heterocycles. The molecule has 0 atom stereocenters. The van der Waals surface area contributed by atoms with Gasteiger partial charge in [-0.1, -0.05) is 29.8 Å². The van der Waals surface area contributed by atoms with Crippen molar-refractivity contribution in [2.75, 3.05) is 0 Å². The van der Waals surface area contributed by atoms with Crippen LogP contribution >= 0.6 is 0 Å². The van der Waals surface area contributed by atoms with E-state index in [1.165, 1.54) is 16.7 Å². The van der Waals surface area contributed by atoms with E-state index < -0.39 is 0 Å². The minimum Gasteiger partial charge on any atom is -0.262 e. The van der Waals surface area contributed by atoms with Crippen LogP contribution in [0.3, 0.4) is 0 Å². The molecule has 0 spiro atoms. The minimum absolute atomic E-state index is 0.990. The van der Waals surface area contributed by atoms with E-state index in [1.807, 2.05) is 13.1 Å². The molecular formula is C14H15N. The van der Waals surface area contributed by atoms with Crippen molar-refractivity contribution >= 4 is 0 Å². The van der Waals surface area contributed by atoms with E-state index in [0.717, 1.165) is 12.1 Å².